The van der Waals surface area contributed by atoms with E-state index in [-0.39, 0.29) is 17.7 Å². The van der Waals surface area contributed by atoms with Crippen LogP contribution in [0.5, 0.6) is 5.75 Å². The predicted molar refractivity (Wildman–Crippen MR) is 141 cm³/mol. The van der Waals surface area contributed by atoms with Crippen molar-refractivity contribution >= 4 is 23.5 Å². The largest absolute Gasteiger partial charge is 0.478 e. The quantitative estimate of drug-likeness (QED) is 0.146. The summed E-state index contributed by atoms with van der Waals surface area (Å²) < 4.78 is 5.15. The fraction of sp³-hybridized carbons (Fsp3) is 0.310. The molecule has 0 unspecified atom stereocenters. The van der Waals surface area contributed by atoms with Gasteiger partial charge in [0.2, 0.25) is 0 Å². The molecule has 0 aliphatic carbocycles. The normalized spacial score (nSPS) is 12.4. The number of halogens is 1. The fourth-order valence-electron chi connectivity index (χ4n) is 2.77. The second kappa shape index (κ2) is 19.4. The molecule has 0 heterocycles. The van der Waals surface area contributed by atoms with Crippen LogP contribution in [0.4, 0.5) is 0 Å². The van der Waals surface area contributed by atoms with Crippen LogP contribution in [0.3, 0.4) is 0 Å². The monoisotopic (exact) mass is 482 g/mol. The first-order valence-electron chi connectivity index (χ1n) is 11.7. The Morgan fingerprint density at radius 2 is 1.26 bits per heavy atom. The lowest BCUT2D eigenvalue weighted by Crippen LogP contribution is -2.10. The molecule has 0 radical (unpaired) electrons. The van der Waals surface area contributed by atoms with Gasteiger partial charge in [-0.2, -0.15) is 0 Å². The van der Waals surface area contributed by atoms with Crippen molar-refractivity contribution in [1.82, 2.24) is 0 Å². The Balaban J connectivity index is 2.14. The molecule has 0 bridgehead atoms. The van der Waals surface area contributed by atoms with Crippen molar-refractivity contribution < 1.29 is 19.4 Å². The second-order valence-electron chi connectivity index (χ2n) is 7.37. The molecule has 5 heteroatoms. The van der Waals surface area contributed by atoms with E-state index in [0.29, 0.717) is 11.4 Å². The zero-order valence-corrected chi connectivity index (χ0v) is 20.6. The van der Waals surface area contributed by atoms with Crippen LogP contribution in [0.15, 0.2) is 91.1 Å². The van der Waals surface area contributed by atoms with Gasteiger partial charge in [0.15, 0.2) is 0 Å². The lowest BCUT2D eigenvalue weighted by atomic mass is 10.2. The standard InChI is InChI=1S/C29H35ClO4/c1-2-3-4-5-6-7-8-9-10-11-12-13-14-15-16-17-18-19-20-21-28(31)34-27-24-25(30)22-23-26(27)29(32)33/h3-4,6-7,9-10,12-13,15-16,18-19,22-24H,2,5,8,11,14,17,20-21H2,1H3,(H,32,33)/b4-3-,7-6-,10-9-,13-12-,16-15-,19-18-. The Hall–Kier alpha value is -3.11. The van der Waals surface area contributed by atoms with Crippen LogP contribution in [0.25, 0.3) is 0 Å². The Bertz CT molecular complexity index is 920. The molecule has 0 spiro atoms. The number of carboxylic acids is 1. The van der Waals surface area contributed by atoms with E-state index in [1.165, 1.54) is 18.2 Å². The molecule has 0 saturated carbocycles. The van der Waals surface area contributed by atoms with Crippen molar-refractivity contribution in [3.05, 3.63) is 102 Å². The summed E-state index contributed by atoms with van der Waals surface area (Å²) in [5.74, 6) is -1.70. The maximum atomic E-state index is 12.0. The Labute approximate surface area is 208 Å². The summed E-state index contributed by atoms with van der Waals surface area (Å²) in [5.41, 5.74) is -0.0910. The van der Waals surface area contributed by atoms with Gasteiger partial charge in [-0.15, -0.1) is 0 Å². The first-order chi connectivity index (χ1) is 16.5. The van der Waals surface area contributed by atoms with Crippen LogP contribution in [0, 0.1) is 0 Å². The molecular weight excluding hydrogens is 448 g/mol. The number of carboxylic acid groups (broad SMARTS) is 1. The van der Waals surface area contributed by atoms with E-state index in [9.17, 15) is 9.59 Å². The minimum Gasteiger partial charge on any atom is -0.478 e. The maximum absolute atomic E-state index is 12.0. The van der Waals surface area contributed by atoms with Crippen LogP contribution < -0.4 is 4.74 Å². The zero-order valence-electron chi connectivity index (χ0n) is 19.9. The summed E-state index contributed by atoms with van der Waals surface area (Å²) in [6.07, 6.45) is 31.9. The molecule has 1 aromatic carbocycles. The van der Waals surface area contributed by atoms with Crippen LogP contribution in [-0.4, -0.2) is 17.0 Å². The lowest BCUT2D eigenvalue weighted by molar-refractivity contribution is -0.134. The van der Waals surface area contributed by atoms with E-state index in [1.54, 1.807) is 0 Å². The number of carbonyl (C=O) groups excluding carboxylic acids is 1. The topological polar surface area (TPSA) is 63.6 Å². The van der Waals surface area contributed by atoms with Gasteiger partial charge < -0.3 is 9.84 Å². The molecule has 0 aromatic heterocycles. The summed E-state index contributed by atoms with van der Waals surface area (Å²) in [5, 5.41) is 9.46. The Morgan fingerprint density at radius 3 is 1.74 bits per heavy atom. The molecule has 0 aliphatic heterocycles. The molecule has 0 fully saturated rings. The fourth-order valence-corrected chi connectivity index (χ4v) is 2.93. The van der Waals surface area contributed by atoms with Crippen molar-refractivity contribution in [3.63, 3.8) is 0 Å². The van der Waals surface area contributed by atoms with Gasteiger partial charge in [-0.25, -0.2) is 4.79 Å². The van der Waals surface area contributed by atoms with Gasteiger partial charge in [0.05, 0.1) is 0 Å². The van der Waals surface area contributed by atoms with E-state index in [0.717, 1.165) is 38.5 Å². The van der Waals surface area contributed by atoms with Crippen LogP contribution in [-0.2, 0) is 4.79 Å². The average Bonchev–Trinajstić information content (AvgIpc) is 2.80. The third kappa shape index (κ3) is 14.9. The van der Waals surface area contributed by atoms with Crippen molar-refractivity contribution in [2.45, 2.75) is 58.3 Å². The predicted octanol–water partition coefficient (Wildman–Crippen LogP) is 8.42. The number of benzene rings is 1. The van der Waals surface area contributed by atoms with E-state index in [2.05, 4.69) is 67.7 Å². The van der Waals surface area contributed by atoms with Crippen LogP contribution >= 0.6 is 11.6 Å². The van der Waals surface area contributed by atoms with Gasteiger partial charge in [-0.3, -0.25) is 4.79 Å². The highest BCUT2D eigenvalue weighted by Crippen LogP contribution is 2.24. The third-order valence-corrected chi connectivity index (χ3v) is 4.74. The number of rotatable bonds is 16. The maximum Gasteiger partial charge on any atom is 0.339 e. The van der Waals surface area contributed by atoms with Crippen molar-refractivity contribution in [1.29, 1.82) is 0 Å². The van der Waals surface area contributed by atoms with E-state index >= 15 is 0 Å². The molecule has 1 rings (SSSR count). The minimum absolute atomic E-state index is 0.0345. The molecule has 182 valence electrons. The highest BCUT2D eigenvalue weighted by molar-refractivity contribution is 6.30. The summed E-state index contributed by atoms with van der Waals surface area (Å²) >= 11 is 5.85. The van der Waals surface area contributed by atoms with E-state index in [4.69, 9.17) is 21.4 Å². The first kappa shape index (κ1) is 28.9. The number of esters is 1. The molecule has 1 N–H and O–H groups in total. The SMILES string of the molecule is CC/C=C\C/C=C\C/C=C\C/C=C\C/C=C\C/C=C\CCC(=O)Oc1cc(Cl)ccc1C(=O)O. The van der Waals surface area contributed by atoms with Gasteiger partial charge in [0.1, 0.15) is 11.3 Å². The number of aromatic carboxylic acids is 1. The second-order valence-corrected chi connectivity index (χ2v) is 7.81. The Kier molecular flexibility index (Phi) is 16.5. The molecule has 0 saturated heterocycles. The summed E-state index contributed by atoms with van der Waals surface area (Å²) in [7, 11) is 0. The van der Waals surface area contributed by atoms with Crippen molar-refractivity contribution in [2.24, 2.45) is 0 Å². The number of carbonyl (C=O) groups is 2. The zero-order chi connectivity index (χ0) is 24.9. The van der Waals surface area contributed by atoms with Gasteiger partial charge in [0.25, 0.3) is 0 Å². The van der Waals surface area contributed by atoms with E-state index < -0.39 is 11.9 Å². The molecule has 1 aromatic rings. The molecular formula is C29H35ClO4. The molecule has 0 atom stereocenters. The van der Waals surface area contributed by atoms with Crippen molar-refractivity contribution in [3.8, 4) is 5.75 Å². The van der Waals surface area contributed by atoms with Crippen molar-refractivity contribution in [2.75, 3.05) is 0 Å². The molecule has 0 aliphatic rings. The van der Waals surface area contributed by atoms with Gasteiger partial charge >= 0.3 is 11.9 Å². The van der Waals surface area contributed by atoms with Crippen LogP contribution in [0.1, 0.15) is 68.6 Å². The number of hydrogen-bond acceptors (Lipinski definition) is 3. The molecule has 0 amide bonds. The summed E-state index contributed by atoms with van der Waals surface area (Å²) in [6, 6.07) is 4.10. The number of allylic oxidation sites excluding steroid dienone is 12. The summed E-state index contributed by atoms with van der Waals surface area (Å²) in [4.78, 5) is 23.2. The minimum atomic E-state index is -1.17. The Morgan fingerprint density at radius 1 is 0.794 bits per heavy atom. The highest BCUT2D eigenvalue weighted by Gasteiger charge is 2.14. The average molecular weight is 483 g/mol. The van der Waals surface area contributed by atoms with Gasteiger partial charge in [-0.1, -0.05) is 91.4 Å². The summed E-state index contributed by atoms with van der Waals surface area (Å²) in [6.45, 7) is 2.14. The molecule has 4 nitrogen and oxygen atoms in total. The highest BCUT2D eigenvalue weighted by atomic mass is 35.5. The number of ether oxygens (including phenoxy) is 1. The lowest BCUT2D eigenvalue weighted by Gasteiger charge is -2.07. The smallest absolute Gasteiger partial charge is 0.339 e. The van der Waals surface area contributed by atoms with Gasteiger partial charge in [0, 0.05) is 17.5 Å². The number of hydrogen-bond donors (Lipinski definition) is 1. The van der Waals surface area contributed by atoms with Gasteiger partial charge in [-0.05, 0) is 57.1 Å². The first-order valence-corrected chi connectivity index (χ1v) is 12.1. The van der Waals surface area contributed by atoms with E-state index in [1.807, 2.05) is 12.2 Å². The van der Waals surface area contributed by atoms with Crippen LogP contribution in [0.2, 0.25) is 5.02 Å². The third-order valence-electron chi connectivity index (χ3n) is 4.51. The molecule has 34 heavy (non-hydrogen) atoms.